The highest BCUT2D eigenvalue weighted by Gasteiger charge is 2.20. The van der Waals surface area contributed by atoms with Crippen molar-refractivity contribution in [1.82, 2.24) is 29.1 Å². The minimum absolute atomic E-state index is 0.768. The number of aromatic nitrogens is 6. The number of para-hydroxylation sites is 2. The summed E-state index contributed by atoms with van der Waals surface area (Å²) in [6, 6.07) is 52.8. The molecule has 6 aromatic heterocycles. The zero-order valence-electron chi connectivity index (χ0n) is 26.8. The number of fused-ring (bicyclic) bond motifs is 6. The molecule has 6 heterocycles. The van der Waals surface area contributed by atoms with Crippen molar-refractivity contribution in [3.8, 4) is 45.3 Å². The summed E-state index contributed by atoms with van der Waals surface area (Å²) in [6.07, 6.45) is 5.46. The van der Waals surface area contributed by atoms with E-state index < -0.39 is 0 Å². The lowest BCUT2D eigenvalue weighted by Crippen LogP contribution is -2.00. The molecule has 0 saturated carbocycles. The predicted octanol–water partition coefficient (Wildman–Crippen LogP) is 10.5. The quantitative estimate of drug-likeness (QED) is 0.188. The molecular formula is C44H28N6. The highest BCUT2D eigenvalue weighted by atomic mass is 15.1. The number of hydrogen-bond donors (Lipinski definition) is 0. The van der Waals surface area contributed by atoms with E-state index in [0.29, 0.717) is 0 Å². The highest BCUT2D eigenvalue weighted by Crippen LogP contribution is 2.41. The minimum atomic E-state index is 0.768. The Hall–Kier alpha value is -6.92. The van der Waals surface area contributed by atoms with Gasteiger partial charge >= 0.3 is 0 Å². The second-order valence-electron chi connectivity index (χ2n) is 12.4. The maximum atomic E-state index is 5.04. The Bertz CT molecular complexity index is 2800. The van der Waals surface area contributed by atoms with Crippen molar-refractivity contribution in [1.29, 1.82) is 0 Å². The summed E-state index contributed by atoms with van der Waals surface area (Å²) in [4.78, 5) is 19.3. The molecule has 0 unspecified atom stereocenters. The van der Waals surface area contributed by atoms with E-state index in [1.54, 1.807) is 12.4 Å². The molecule has 0 N–H and O–H groups in total. The monoisotopic (exact) mass is 640 g/mol. The molecule has 0 aliphatic rings. The van der Waals surface area contributed by atoms with Crippen LogP contribution < -0.4 is 0 Å². The van der Waals surface area contributed by atoms with Gasteiger partial charge in [0.15, 0.2) is 0 Å². The van der Waals surface area contributed by atoms with E-state index in [1.807, 2.05) is 48.7 Å². The molecule has 50 heavy (non-hydrogen) atoms. The second kappa shape index (κ2) is 11.4. The molecule has 0 fully saturated rings. The van der Waals surface area contributed by atoms with Gasteiger partial charge in [0.25, 0.3) is 0 Å². The number of nitrogens with zero attached hydrogens (tertiary/aromatic N) is 6. The Labute approximate surface area is 287 Å². The first-order valence-corrected chi connectivity index (χ1v) is 16.6. The lowest BCUT2D eigenvalue weighted by Gasteiger charge is -2.13. The van der Waals surface area contributed by atoms with Crippen LogP contribution in [0.15, 0.2) is 170 Å². The fraction of sp³-hybridized carbons (Fsp3) is 0. The van der Waals surface area contributed by atoms with Gasteiger partial charge in [-0.25, -0.2) is 9.97 Å². The number of pyridine rings is 4. The first-order chi connectivity index (χ1) is 24.8. The lowest BCUT2D eigenvalue weighted by molar-refractivity contribution is 1.11. The molecule has 6 heteroatoms. The lowest BCUT2D eigenvalue weighted by atomic mass is 9.98. The zero-order valence-corrected chi connectivity index (χ0v) is 26.8. The van der Waals surface area contributed by atoms with Crippen LogP contribution in [-0.2, 0) is 0 Å². The zero-order chi connectivity index (χ0) is 33.0. The van der Waals surface area contributed by atoms with Gasteiger partial charge in [-0.05, 0) is 90.0 Å². The van der Waals surface area contributed by atoms with Gasteiger partial charge in [0, 0.05) is 45.8 Å². The molecule has 0 aliphatic carbocycles. The molecule has 0 atom stereocenters. The topological polar surface area (TPSA) is 61.4 Å². The van der Waals surface area contributed by atoms with E-state index in [-0.39, 0.29) is 0 Å². The summed E-state index contributed by atoms with van der Waals surface area (Å²) < 4.78 is 4.62. The van der Waals surface area contributed by atoms with E-state index in [0.717, 1.165) is 61.7 Å². The number of rotatable bonds is 5. The molecule has 234 valence electrons. The van der Waals surface area contributed by atoms with Crippen LogP contribution in [0.25, 0.3) is 89.0 Å². The van der Waals surface area contributed by atoms with E-state index in [9.17, 15) is 0 Å². The maximum absolute atomic E-state index is 5.04. The third-order valence-electron chi connectivity index (χ3n) is 9.47. The standard InChI is InChI=1S/C44H28N6/c1-2-12-30(13-3-1)49-40-19-5-4-14-35(40)43-32(15-10-20-41(43)49)29-21-22-33-34-16-11-25-47-44(34)50(42(33)26-29)31-27-38(36-17-6-8-23-45-36)48-39(28-31)37-18-7-9-24-46-37/h1-28H. The fourth-order valence-electron chi connectivity index (χ4n) is 7.32. The Balaban J connectivity index is 1.25. The van der Waals surface area contributed by atoms with Crippen molar-refractivity contribution in [2.24, 2.45) is 0 Å². The Morgan fingerprint density at radius 3 is 1.82 bits per heavy atom. The van der Waals surface area contributed by atoms with Crippen LogP contribution in [0.5, 0.6) is 0 Å². The van der Waals surface area contributed by atoms with Crippen molar-refractivity contribution in [3.63, 3.8) is 0 Å². The molecule has 0 aliphatic heterocycles. The summed E-state index contributed by atoms with van der Waals surface area (Å²) in [5.41, 5.74) is 11.8. The smallest absolute Gasteiger partial charge is 0.145 e. The average Bonchev–Trinajstić information content (AvgIpc) is 3.71. The van der Waals surface area contributed by atoms with Gasteiger partial charge in [0.05, 0.1) is 45.0 Å². The van der Waals surface area contributed by atoms with Gasteiger partial charge < -0.3 is 4.57 Å². The molecule has 0 amide bonds. The first-order valence-electron chi connectivity index (χ1n) is 16.6. The van der Waals surface area contributed by atoms with Crippen LogP contribution in [0.4, 0.5) is 0 Å². The van der Waals surface area contributed by atoms with Gasteiger partial charge in [-0.2, -0.15) is 0 Å². The molecule has 0 radical (unpaired) electrons. The largest absolute Gasteiger partial charge is 0.309 e. The van der Waals surface area contributed by atoms with Gasteiger partial charge in [-0.3, -0.25) is 14.5 Å². The second-order valence-corrected chi connectivity index (χ2v) is 12.4. The predicted molar refractivity (Wildman–Crippen MR) is 203 cm³/mol. The van der Waals surface area contributed by atoms with E-state index in [2.05, 4.69) is 128 Å². The SMILES string of the molecule is c1ccc(-n2c3ccccc3c3c(-c4ccc5c6cccnc6n(-c6cc(-c7ccccn7)nc(-c7ccccn7)c6)c5c4)cccc32)cc1. The fourth-order valence-corrected chi connectivity index (χ4v) is 7.32. The average molecular weight is 641 g/mol. The van der Waals surface area contributed by atoms with Crippen molar-refractivity contribution >= 4 is 43.7 Å². The molecule has 6 nitrogen and oxygen atoms in total. The minimum Gasteiger partial charge on any atom is -0.309 e. The normalized spacial score (nSPS) is 11.6. The van der Waals surface area contributed by atoms with Crippen LogP contribution in [0.2, 0.25) is 0 Å². The molecular weight excluding hydrogens is 613 g/mol. The first kappa shape index (κ1) is 28.1. The molecule has 10 rings (SSSR count). The van der Waals surface area contributed by atoms with Crippen molar-refractivity contribution in [2.75, 3.05) is 0 Å². The van der Waals surface area contributed by atoms with E-state index in [1.165, 1.54) is 27.4 Å². The van der Waals surface area contributed by atoms with Crippen molar-refractivity contribution < 1.29 is 0 Å². The van der Waals surface area contributed by atoms with Crippen LogP contribution in [-0.4, -0.2) is 29.1 Å². The summed E-state index contributed by atoms with van der Waals surface area (Å²) >= 11 is 0. The third-order valence-corrected chi connectivity index (χ3v) is 9.47. The molecule has 0 saturated heterocycles. The third kappa shape index (κ3) is 4.43. The van der Waals surface area contributed by atoms with Crippen molar-refractivity contribution in [3.05, 3.63) is 170 Å². The Kier molecular flexibility index (Phi) is 6.39. The highest BCUT2D eigenvalue weighted by molar-refractivity contribution is 6.17. The number of benzene rings is 4. The summed E-state index contributed by atoms with van der Waals surface area (Å²) in [7, 11) is 0. The Morgan fingerprint density at radius 2 is 1.06 bits per heavy atom. The molecule has 0 spiro atoms. The summed E-state index contributed by atoms with van der Waals surface area (Å²) in [5, 5.41) is 4.67. The van der Waals surface area contributed by atoms with Crippen molar-refractivity contribution in [2.45, 2.75) is 0 Å². The molecule has 0 bridgehead atoms. The Morgan fingerprint density at radius 1 is 0.380 bits per heavy atom. The maximum Gasteiger partial charge on any atom is 0.145 e. The van der Waals surface area contributed by atoms with Crippen LogP contribution in [0.1, 0.15) is 0 Å². The van der Waals surface area contributed by atoms with Gasteiger partial charge in [-0.15, -0.1) is 0 Å². The number of hydrogen-bond acceptors (Lipinski definition) is 4. The van der Waals surface area contributed by atoms with Crippen LogP contribution >= 0.6 is 0 Å². The van der Waals surface area contributed by atoms with Gasteiger partial charge in [-0.1, -0.05) is 72.8 Å². The summed E-state index contributed by atoms with van der Waals surface area (Å²) in [6.45, 7) is 0. The van der Waals surface area contributed by atoms with Gasteiger partial charge in [0.1, 0.15) is 5.65 Å². The van der Waals surface area contributed by atoms with E-state index >= 15 is 0 Å². The van der Waals surface area contributed by atoms with Crippen LogP contribution in [0.3, 0.4) is 0 Å². The summed E-state index contributed by atoms with van der Waals surface area (Å²) in [5.74, 6) is 0. The van der Waals surface area contributed by atoms with Gasteiger partial charge in [0.2, 0.25) is 0 Å². The van der Waals surface area contributed by atoms with Crippen LogP contribution in [0, 0.1) is 0 Å². The molecule has 10 aromatic rings. The van der Waals surface area contributed by atoms with E-state index in [4.69, 9.17) is 9.97 Å². The molecule has 4 aromatic carbocycles.